The molecule has 0 unspecified atom stereocenters. The van der Waals surface area contributed by atoms with Crippen LogP contribution in [-0.2, 0) is 13.0 Å². The van der Waals surface area contributed by atoms with E-state index in [1.165, 1.54) is 12.5 Å². The number of fused-ring (bicyclic) bond motifs is 1. The van der Waals surface area contributed by atoms with Crippen molar-refractivity contribution in [2.45, 2.75) is 13.0 Å². The van der Waals surface area contributed by atoms with Gasteiger partial charge in [-0.05, 0) is 18.3 Å². The molecule has 0 saturated heterocycles. The summed E-state index contributed by atoms with van der Waals surface area (Å²) in [5.74, 6) is 0.111. The molecule has 98 valence electrons. The van der Waals surface area contributed by atoms with Gasteiger partial charge in [-0.1, -0.05) is 16.8 Å². The van der Waals surface area contributed by atoms with E-state index in [0.29, 0.717) is 29.1 Å². The Morgan fingerprint density at radius 2 is 2.32 bits per heavy atom. The topological polar surface area (TPSA) is 59.6 Å². The third-order valence-electron chi connectivity index (χ3n) is 2.78. The molecule has 3 rings (SSSR count). The summed E-state index contributed by atoms with van der Waals surface area (Å²) in [6.45, 7) is 0.556. The molecule has 8 heteroatoms. The average Bonchev–Trinajstić information content (AvgIpc) is 2.96. The van der Waals surface area contributed by atoms with Gasteiger partial charge in [-0.15, -0.1) is 0 Å². The van der Waals surface area contributed by atoms with E-state index in [-0.39, 0.29) is 5.02 Å². The lowest BCUT2D eigenvalue weighted by Crippen LogP contribution is -2.02. The first-order chi connectivity index (χ1) is 9.15. The maximum atomic E-state index is 13.4. The molecule has 0 spiro atoms. The van der Waals surface area contributed by atoms with E-state index in [4.69, 9.17) is 23.8 Å². The highest BCUT2D eigenvalue weighted by atomic mass is 35.5. The largest absolute Gasteiger partial charge is 0.343 e. The highest BCUT2D eigenvalue weighted by Crippen LogP contribution is 2.23. The Hall–Kier alpha value is -1.73. The van der Waals surface area contributed by atoms with Crippen LogP contribution in [0.2, 0.25) is 5.02 Å². The monoisotopic (exact) mass is 298 g/mol. The smallest absolute Gasteiger partial charge is 0.213 e. The van der Waals surface area contributed by atoms with Crippen molar-refractivity contribution < 1.29 is 8.91 Å². The molecule has 0 fully saturated rings. The van der Waals surface area contributed by atoms with Gasteiger partial charge < -0.3 is 14.1 Å². The number of imidazole rings is 1. The van der Waals surface area contributed by atoms with E-state index in [9.17, 15) is 4.39 Å². The second-order valence-corrected chi connectivity index (χ2v) is 4.76. The number of hydrogen-bond acceptors (Lipinski definition) is 4. The fraction of sp³-hybridized carbons (Fsp3) is 0.182. The maximum absolute atomic E-state index is 13.4. The molecule has 1 N–H and O–H groups in total. The Labute approximate surface area is 117 Å². The summed E-state index contributed by atoms with van der Waals surface area (Å²) >= 11 is 11.0. The van der Waals surface area contributed by atoms with Gasteiger partial charge in [0.1, 0.15) is 5.82 Å². The molecule has 3 aromatic rings. The summed E-state index contributed by atoms with van der Waals surface area (Å²) in [4.78, 5) is 6.88. The van der Waals surface area contributed by atoms with Crippen molar-refractivity contribution >= 4 is 34.9 Å². The third kappa shape index (κ3) is 2.26. The predicted molar refractivity (Wildman–Crippen MR) is 70.1 cm³/mol. The second-order valence-electron chi connectivity index (χ2n) is 3.96. The van der Waals surface area contributed by atoms with Crippen LogP contribution in [0.25, 0.3) is 11.0 Å². The Bertz CT molecular complexity index is 780. The molecule has 0 radical (unpaired) electrons. The molecule has 5 nitrogen and oxygen atoms in total. The summed E-state index contributed by atoms with van der Waals surface area (Å²) in [6.07, 6.45) is 1.84. The van der Waals surface area contributed by atoms with Crippen LogP contribution in [0.15, 0.2) is 23.0 Å². The highest BCUT2D eigenvalue weighted by Gasteiger charge is 2.10. The van der Waals surface area contributed by atoms with Crippen LogP contribution in [0.4, 0.5) is 4.39 Å². The van der Waals surface area contributed by atoms with Crippen molar-refractivity contribution in [1.82, 2.24) is 19.7 Å². The molecule has 1 aromatic carbocycles. The number of aromatic nitrogens is 4. The van der Waals surface area contributed by atoms with Crippen LogP contribution in [-0.4, -0.2) is 19.7 Å². The lowest BCUT2D eigenvalue weighted by molar-refractivity contribution is 0.408. The minimum atomic E-state index is -0.476. The SMILES string of the molecule is Fc1cc2[nH]c(=S)n(CCc3ncon3)c2cc1Cl. The Balaban J connectivity index is 2.00. The van der Waals surface area contributed by atoms with Crippen molar-refractivity contribution in [3.05, 3.63) is 40.0 Å². The number of aromatic amines is 1. The van der Waals surface area contributed by atoms with Crippen molar-refractivity contribution in [3.8, 4) is 0 Å². The first-order valence-corrected chi connectivity index (χ1v) is 6.26. The zero-order chi connectivity index (χ0) is 13.4. The molecule has 0 bridgehead atoms. The van der Waals surface area contributed by atoms with E-state index in [1.807, 2.05) is 4.57 Å². The van der Waals surface area contributed by atoms with Gasteiger partial charge in [0, 0.05) is 19.0 Å². The van der Waals surface area contributed by atoms with Gasteiger partial charge >= 0.3 is 0 Å². The maximum Gasteiger partial charge on any atom is 0.213 e. The van der Waals surface area contributed by atoms with Gasteiger partial charge in [0.05, 0.1) is 16.1 Å². The van der Waals surface area contributed by atoms with E-state index < -0.39 is 5.82 Å². The molecule has 2 heterocycles. The minimum absolute atomic E-state index is 0.0646. The van der Waals surface area contributed by atoms with Gasteiger partial charge in [-0.25, -0.2) is 4.39 Å². The number of benzene rings is 1. The number of aryl methyl sites for hydroxylation is 2. The molecule has 0 aliphatic heterocycles. The van der Waals surface area contributed by atoms with Crippen molar-refractivity contribution in [3.63, 3.8) is 0 Å². The molecule has 0 aliphatic rings. The fourth-order valence-electron chi connectivity index (χ4n) is 1.89. The Kier molecular flexibility index (Phi) is 3.08. The summed E-state index contributed by atoms with van der Waals surface area (Å²) in [7, 11) is 0. The van der Waals surface area contributed by atoms with Crippen LogP contribution in [0, 0.1) is 10.6 Å². The Morgan fingerprint density at radius 3 is 3.05 bits per heavy atom. The molecule has 2 aromatic heterocycles. The Morgan fingerprint density at radius 1 is 1.47 bits per heavy atom. The molecule has 0 aliphatic carbocycles. The summed E-state index contributed by atoms with van der Waals surface area (Å²) in [5, 5.41) is 3.79. The first-order valence-electron chi connectivity index (χ1n) is 5.48. The van der Waals surface area contributed by atoms with Crippen LogP contribution >= 0.6 is 23.8 Å². The standard InChI is InChI=1S/C11H8ClFN4OS/c12-6-3-9-8(4-7(6)13)15-11(19)17(9)2-1-10-14-5-18-16-10/h3-5H,1-2H2,(H,15,19). The number of rotatable bonds is 3. The summed E-state index contributed by atoms with van der Waals surface area (Å²) < 4.78 is 20.4. The van der Waals surface area contributed by atoms with Crippen LogP contribution in [0.3, 0.4) is 0 Å². The van der Waals surface area contributed by atoms with Crippen LogP contribution in [0.1, 0.15) is 5.82 Å². The number of hydrogen-bond donors (Lipinski definition) is 1. The zero-order valence-corrected chi connectivity index (χ0v) is 11.1. The van der Waals surface area contributed by atoms with Gasteiger partial charge in [0.15, 0.2) is 10.6 Å². The molecule has 0 saturated carbocycles. The predicted octanol–water partition coefficient (Wildman–Crippen LogP) is 3.12. The van der Waals surface area contributed by atoms with Crippen molar-refractivity contribution in [1.29, 1.82) is 0 Å². The summed E-state index contributed by atoms with van der Waals surface area (Å²) in [6, 6.07) is 2.88. The third-order valence-corrected chi connectivity index (χ3v) is 3.39. The molecular formula is C11H8ClFN4OS. The molecule has 0 amide bonds. The fourth-order valence-corrected chi connectivity index (χ4v) is 2.35. The average molecular weight is 299 g/mol. The molecule has 19 heavy (non-hydrogen) atoms. The van der Waals surface area contributed by atoms with E-state index in [1.54, 1.807) is 6.07 Å². The van der Waals surface area contributed by atoms with Crippen molar-refractivity contribution in [2.75, 3.05) is 0 Å². The second kappa shape index (κ2) is 4.75. The normalized spacial score (nSPS) is 11.3. The van der Waals surface area contributed by atoms with Crippen LogP contribution in [0.5, 0.6) is 0 Å². The minimum Gasteiger partial charge on any atom is -0.343 e. The number of nitrogens with one attached hydrogen (secondary N) is 1. The number of H-pyrrole nitrogens is 1. The van der Waals surface area contributed by atoms with Gasteiger partial charge in [-0.2, -0.15) is 4.98 Å². The van der Waals surface area contributed by atoms with E-state index >= 15 is 0 Å². The van der Waals surface area contributed by atoms with E-state index in [2.05, 4.69) is 19.6 Å². The van der Waals surface area contributed by atoms with Gasteiger partial charge in [-0.3, -0.25) is 0 Å². The van der Waals surface area contributed by atoms with E-state index in [0.717, 1.165) is 5.52 Å². The van der Waals surface area contributed by atoms with Gasteiger partial charge in [0.25, 0.3) is 0 Å². The lowest BCUT2D eigenvalue weighted by atomic mass is 10.3. The summed E-state index contributed by atoms with van der Waals surface area (Å²) in [5.41, 5.74) is 1.36. The number of halogens is 2. The van der Waals surface area contributed by atoms with Crippen LogP contribution < -0.4 is 0 Å². The number of nitrogens with zero attached hydrogens (tertiary/aromatic N) is 3. The van der Waals surface area contributed by atoms with Crippen molar-refractivity contribution in [2.24, 2.45) is 0 Å². The quantitative estimate of drug-likeness (QED) is 0.755. The van der Waals surface area contributed by atoms with Gasteiger partial charge in [0.2, 0.25) is 6.39 Å². The molecular weight excluding hydrogens is 291 g/mol. The zero-order valence-electron chi connectivity index (χ0n) is 9.56. The first kappa shape index (κ1) is 12.3. The highest BCUT2D eigenvalue weighted by molar-refractivity contribution is 7.71. The molecule has 0 atom stereocenters. The lowest BCUT2D eigenvalue weighted by Gasteiger charge is -2.02.